The fourth-order valence-electron chi connectivity index (χ4n) is 4.63. The second-order valence-electron chi connectivity index (χ2n) is 9.85. The van der Waals surface area contributed by atoms with Gasteiger partial charge in [0.25, 0.3) is 5.91 Å². The van der Waals surface area contributed by atoms with Crippen molar-refractivity contribution in [2.45, 2.75) is 38.0 Å². The fraction of sp³-hybridized carbons (Fsp3) is 0.500. The van der Waals surface area contributed by atoms with Crippen molar-refractivity contribution in [3.8, 4) is 5.75 Å². The number of ether oxygens (including phenoxy) is 1. The predicted octanol–water partition coefficient (Wildman–Crippen LogP) is 3.67. The second-order valence-corrected chi connectivity index (χ2v) is 12.2. The van der Waals surface area contributed by atoms with Gasteiger partial charge >= 0.3 is 0 Å². The molecule has 0 aromatic heterocycles. The summed E-state index contributed by atoms with van der Waals surface area (Å²) in [6, 6.07) is 15.5. The Bertz CT molecular complexity index is 1080. The summed E-state index contributed by atoms with van der Waals surface area (Å²) in [6.07, 6.45) is 3.11. The van der Waals surface area contributed by atoms with Crippen LogP contribution in [0.2, 0.25) is 0 Å². The Morgan fingerprint density at radius 1 is 1.03 bits per heavy atom. The highest BCUT2D eigenvalue weighted by Gasteiger charge is 2.36. The number of nitrogens with one attached hydrogen (secondary N) is 1. The van der Waals surface area contributed by atoms with E-state index in [9.17, 15) is 13.2 Å². The van der Waals surface area contributed by atoms with Crippen molar-refractivity contribution in [2.24, 2.45) is 5.92 Å². The maximum Gasteiger partial charge on any atom is 0.255 e. The maximum atomic E-state index is 12.6. The molecule has 1 amide bonds. The highest BCUT2D eigenvalue weighted by atomic mass is 32.2. The normalized spacial score (nSPS) is 21.2. The van der Waals surface area contributed by atoms with Gasteiger partial charge < -0.3 is 15.0 Å². The van der Waals surface area contributed by atoms with Gasteiger partial charge in [-0.05, 0) is 73.8 Å². The summed E-state index contributed by atoms with van der Waals surface area (Å²) >= 11 is 0. The molecule has 2 aromatic carbocycles. The van der Waals surface area contributed by atoms with Crippen LogP contribution < -0.4 is 15.0 Å². The van der Waals surface area contributed by atoms with E-state index in [4.69, 9.17) is 4.74 Å². The van der Waals surface area contributed by atoms with Gasteiger partial charge in [-0.3, -0.25) is 9.69 Å². The minimum absolute atomic E-state index is 0.154. The van der Waals surface area contributed by atoms with E-state index in [0.717, 1.165) is 49.6 Å². The quantitative estimate of drug-likeness (QED) is 0.615. The SMILES string of the molecule is CC(C)COc1ccc(C(=O)Nc2ccc(N3CCC(N4CCC(S(C)(=O)=O)C4)C3)cc2)cc1. The van der Waals surface area contributed by atoms with E-state index >= 15 is 0 Å². The Balaban J connectivity index is 1.29. The van der Waals surface area contributed by atoms with E-state index in [1.807, 2.05) is 36.4 Å². The lowest BCUT2D eigenvalue weighted by molar-refractivity contribution is 0.102. The molecule has 8 heteroatoms. The predicted molar refractivity (Wildman–Crippen MR) is 137 cm³/mol. The zero-order valence-corrected chi connectivity index (χ0v) is 21.1. The molecular formula is C26H35N3O4S. The Kier molecular flexibility index (Phi) is 7.48. The van der Waals surface area contributed by atoms with E-state index in [-0.39, 0.29) is 11.2 Å². The van der Waals surface area contributed by atoms with Crippen molar-refractivity contribution in [3.05, 3.63) is 54.1 Å². The average molecular weight is 486 g/mol. The standard InChI is InChI=1S/C26H35N3O4S/c1-19(2)18-33-24-10-4-20(5-11-24)26(30)27-21-6-8-22(9-7-21)28-14-12-23(16-28)29-15-13-25(17-29)34(3,31)32/h4-11,19,23,25H,12-18H2,1-3H3,(H,27,30). The number of carbonyl (C=O) groups excluding carboxylic acids is 1. The number of nitrogens with zero attached hydrogens (tertiary/aromatic N) is 2. The zero-order chi connectivity index (χ0) is 24.3. The topological polar surface area (TPSA) is 79.0 Å². The molecule has 184 valence electrons. The molecule has 2 aromatic rings. The van der Waals surface area contributed by atoms with E-state index in [2.05, 4.69) is 29.0 Å². The molecule has 0 aliphatic carbocycles. The molecule has 0 radical (unpaired) electrons. The van der Waals surface area contributed by atoms with Gasteiger partial charge in [0.05, 0.1) is 11.9 Å². The number of hydrogen-bond donors (Lipinski definition) is 1. The molecule has 34 heavy (non-hydrogen) atoms. The fourth-order valence-corrected chi connectivity index (χ4v) is 5.63. The lowest BCUT2D eigenvalue weighted by Crippen LogP contribution is -2.37. The van der Waals surface area contributed by atoms with E-state index in [0.29, 0.717) is 30.7 Å². The molecule has 2 unspecified atom stereocenters. The Hall–Kier alpha value is -2.58. The number of amides is 1. The van der Waals surface area contributed by atoms with Gasteiger partial charge in [0.15, 0.2) is 9.84 Å². The minimum Gasteiger partial charge on any atom is -0.493 e. The van der Waals surface area contributed by atoms with Gasteiger partial charge in [-0.15, -0.1) is 0 Å². The third kappa shape index (κ3) is 6.10. The number of carbonyl (C=O) groups is 1. The van der Waals surface area contributed by atoms with Crippen LogP contribution in [0.1, 0.15) is 37.0 Å². The third-order valence-electron chi connectivity index (χ3n) is 6.65. The van der Waals surface area contributed by atoms with Crippen molar-refractivity contribution in [1.82, 2.24) is 4.90 Å². The summed E-state index contributed by atoms with van der Waals surface area (Å²) in [7, 11) is -2.97. The summed E-state index contributed by atoms with van der Waals surface area (Å²) in [4.78, 5) is 17.3. The first-order valence-corrected chi connectivity index (χ1v) is 14.0. The van der Waals surface area contributed by atoms with Crippen LogP contribution in [0, 0.1) is 5.92 Å². The monoisotopic (exact) mass is 485 g/mol. The Morgan fingerprint density at radius 3 is 2.35 bits per heavy atom. The van der Waals surface area contributed by atoms with E-state index < -0.39 is 9.84 Å². The number of anilines is 2. The van der Waals surface area contributed by atoms with Gasteiger partial charge in [0.1, 0.15) is 5.75 Å². The molecule has 0 saturated carbocycles. The van der Waals surface area contributed by atoms with Crippen LogP contribution in [0.15, 0.2) is 48.5 Å². The van der Waals surface area contributed by atoms with Crippen LogP contribution in [0.25, 0.3) is 0 Å². The second kappa shape index (κ2) is 10.4. The third-order valence-corrected chi connectivity index (χ3v) is 8.25. The van der Waals surface area contributed by atoms with Crippen LogP contribution in [0.4, 0.5) is 11.4 Å². The molecule has 2 fully saturated rings. The number of hydrogen-bond acceptors (Lipinski definition) is 6. The first-order valence-electron chi connectivity index (χ1n) is 12.0. The summed E-state index contributed by atoms with van der Waals surface area (Å²) in [5.74, 6) is 1.06. The van der Waals surface area contributed by atoms with Crippen molar-refractivity contribution < 1.29 is 17.9 Å². The lowest BCUT2D eigenvalue weighted by atomic mass is 10.2. The summed E-state index contributed by atoms with van der Waals surface area (Å²) in [5, 5.41) is 2.73. The first kappa shape index (κ1) is 24.5. The van der Waals surface area contributed by atoms with Crippen LogP contribution in [-0.4, -0.2) is 69.6 Å². The van der Waals surface area contributed by atoms with Crippen molar-refractivity contribution in [1.29, 1.82) is 0 Å². The highest BCUT2D eigenvalue weighted by Crippen LogP contribution is 2.28. The molecule has 2 atom stereocenters. The minimum atomic E-state index is -2.97. The van der Waals surface area contributed by atoms with E-state index in [1.165, 1.54) is 6.26 Å². The van der Waals surface area contributed by atoms with Crippen LogP contribution in [0.3, 0.4) is 0 Å². The molecule has 0 bridgehead atoms. The van der Waals surface area contributed by atoms with Crippen molar-refractivity contribution in [2.75, 3.05) is 49.3 Å². The molecular weight excluding hydrogens is 450 g/mol. The van der Waals surface area contributed by atoms with Crippen LogP contribution in [-0.2, 0) is 9.84 Å². The molecule has 0 spiro atoms. The van der Waals surface area contributed by atoms with Gasteiger partial charge in [-0.25, -0.2) is 8.42 Å². The molecule has 1 N–H and O–H groups in total. The Morgan fingerprint density at radius 2 is 1.74 bits per heavy atom. The summed E-state index contributed by atoms with van der Waals surface area (Å²) < 4.78 is 29.4. The lowest BCUT2D eigenvalue weighted by Gasteiger charge is -2.25. The molecule has 7 nitrogen and oxygen atoms in total. The number of benzene rings is 2. The van der Waals surface area contributed by atoms with Gasteiger partial charge in [0, 0.05) is 48.9 Å². The maximum absolute atomic E-state index is 12.6. The van der Waals surface area contributed by atoms with Crippen LogP contribution >= 0.6 is 0 Å². The molecule has 2 aliphatic rings. The van der Waals surface area contributed by atoms with Crippen molar-refractivity contribution in [3.63, 3.8) is 0 Å². The van der Waals surface area contributed by atoms with Crippen molar-refractivity contribution >= 4 is 27.1 Å². The van der Waals surface area contributed by atoms with E-state index in [1.54, 1.807) is 12.1 Å². The molecule has 2 saturated heterocycles. The average Bonchev–Trinajstić information content (AvgIpc) is 3.48. The summed E-state index contributed by atoms with van der Waals surface area (Å²) in [6.45, 7) is 8.18. The number of sulfone groups is 1. The van der Waals surface area contributed by atoms with Gasteiger partial charge in [-0.2, -0.15) is 0 Å². The van der Waals surface area contributed by atoms with Gasteiger partial charge in [0.2, 0.25) is 0 Å². The molecule has 4 rings (SSSR count). The summed E-state index contributed by atoms with van der Waals surface area (Å²) in [5.41, 5.74) is 2.45. The highest BCUT2D eigenvalue weighted by molar-refractivity contribution is 7.91. The number of rotatable bonds is 8. The largest absolute Gasteiger partial charge is 0.493 e. The van der Waals surface area contributed by atoms with Crippen LogP contribution in [0.5, 0.6) is 5.75 Å². The number of likely N-dealkylation sites (tertiary alicyclic amines) is 1. The molecule has 2 heterocycles. The first-order chi connectivity index (χ1) is 16.2. The molecule has 2 aliphatic heterocycles. The van der Waals surface area contributed by atoms with Gasteiger partial charge in [-0.1, -0.05) is 13.8 Å². The Labute approximate surface area is 203 Å². The zero-order valence-electron chi connectivity index (χ0n) is 20.2. The smallest absolute Gasteiger partial charge is 0.255 e.